The predicted octanol–water partition coefficient (Wildman–Crippen LogP) is 5.22. The maximum atomic E-state index is 5.73. The molecule has 3 rings (SSSR count). The van der Waals surface area contributed by atoms with Crippen LogP contribution in [-0.2, 0) is 0 Å². The van der Waals surface area contributed by atoms with Crippen LogP contribution in [-0.4, -0.2) is 0 Å². The Morgan fingerprint density at radius 3 is 2.89 bits per heavy atom. The molecule has 0 unspecified atom stereocenters. The van der Waals surface area contributed by atoms with Gasteiger partial charge in [-0.2, -0.15) is 0 Å². The van der Waals surface area contributed by atoms with E-state index in [9.17, 15) is 0 Å². The van der Waals surface area contributed by atoms with E-state index in [2.05, 4.69) is 41.8 Å². The van der Waals surface area contributed by atoms with Crippen molar-refractivity contribution in [2.75, 3.05) is 0 Å². The third-order valence-corrected chi connectivity index (χ3v) is 3.95. The summed E-state index contributed by atoms with van der Waals surface area (Å²) in [4.78, 5) is 1.31. The summed E-state index contributed by atoms with van der Waals surface area (Å²) in [7, 11) is 0. The van der Waals surface area contributed by atoms with Crippen molar-refractivity contribution in [3.05, 3.63) is 64.6 Å². The van der Waals surface area contributed by atoms with Crippen LogP contribution in [0.3, 0.4) is 0 Å². The average Bonchev–Trinajstić information content (AvgIpc) is 2.92. The predicted molar refractivity (Wildman–Crippen MR) is 77.6 cm³/mol. The summed E-state index contributed by atoms with van der Waals surface area (Å²) >= 11 is 1.77. The molecule has 0 atom stereocenters. The molecule has 1 aliphatic rings. The van der Waals surface area contributed by atoms with Crippen molar-refractivity contribution in [2.24, 2.45) is 0 Å². The zero-order valence-corrected chi connectivity index (χ0v) is 11.0. The Labute approximate surface area is 111 Å². The first-order valence-electron chi connectivity index (χ1n) is 6.01. The van der Waals surface area contributed by atoms with Gasteiger partial charge in [-0.3, -0.25) is 0 Å². The number of allylic oxidation sites excluding steroid dienone is 6. The van der Waals surface area contributed by atoms with Gasteiger partial charge in [0, 0.05) is 10.4 Å². The van der Waals surface area contributed by atoms with Gasteiger partial charge in [0.25, 0.3) is 0 Å². The van der Waals surface area contributed by atoms with Crippen molar-refractivity contribution in [1.82, 2.24) is 0 Å². The summed E-state index contributed by atoms with van der Waals surface area (Å²) < 4.78 is 5.73. The first-order valence-corrected chi connectivity index (χ1v) is 6.89. The van der Waals surface area contributed by atoms with Crippen molar-refractivity contribution in [3.63, 3.8) is 0 Å². The van der Waals surface area contributed by atoms with E-state index in [1.165, 1.54) is 16.0 Å². The smallest absolute Gasteiger partial charge is 0.135 e. The van der Waals surface area contributed by atoms with Crippen LogP contribution in [0.2, 0.25) is 0 Å². The van der Waals surface area contributed by atoms with Gasteiger partial charge in [-0.15, -0.1) is 11.3 Å². The molecule has 90 valence electrons. The van der Waals surface area contributed by atoms with Crippen LogP contribution < -0.4 is 0 Å². The molecule has 0 bridgehead atoms. The molecule has 0 radical (unpaired) electrons. The van der Waals surface area contributed by atoms with Gasteiger partial charge < -0.3 is 4.42 Å². The third kappa shape index (κ3) is 2.12. The SMILES string of the molecule is Cc1ccc(-c2ccsc2C2=CC=CC=CC2)o1. The Morgan fingerprint density at radius 1 is 1.11 bits per heavy atom. The van der Waals surface area contributed by atoms with E-state index in [4.69, 9.17) is 4.42 Å². The topological polar surface area (TPSA) is 13.1 Å². The van der Waals surface area contributed by atoms with Crippen LogP contribution in [0, 0.1) is 6.92 Å². The van der Waals surface area contributed by atoms with Crippen molar-refractivity contribution in [2.45, 2.75) is 13.3 Å². The number of hydrogen-bond acceptors (Lipinski definition) is 2. The minimum absolute atomic E-state index is 0.955. The lowest BCUT2D eigenvalue weighted by Gasteiger charge is -2.04. The Bertz CT molecular complexity index is 638. The molecular weight excluding hydrogens is 240 g/mol. The van der Waals surface area contributed by atoms with Gasteiger partial charge in [0.1, 0.15) is 11.5 Å². The van der Waals surface area contributed by atoms with Gasteiger partial charge in [-0.25, -0.2) is 0 Å². The first-order chi connectivity index (χ1) is 8.84. The Hall–Kier alpha value is -1.80. The average molecular weight is 254 g/mol. The van der Waals surface area contributed by atoms with Crippen LogP contribution >= 0.6 is 11.3 Å². The Morgan fingerprint density at radius 2 is 2.06 bits per heavy atom. The van der Waals surface area contributed by atoms with Crippen molar-refractivity contribution < 1.29 is 4.42 Å². The zero-order valence-electron chi connectivity index (χ0n) is 10.2. The van der Waals surface area contributed by atoms with Gasteiger partial charge in [-0.05, 0) is 42.5 Å². The van der Waals surface area contributed by atoms with E-state index in [0.29, 0.717) is 0 Å². The van der Waals surface area contributed by atoms with Crippen LogP contribution in [0.4, 0.5) is 0 Å². The highest BCUT2D eigenvalue weighted by Gasteiger charge is 2.13. The molecule has 1 aliphatic carbocycles. The second kappa shape index (κ2) is 4.83. The highest BCUT2D eigenvalue weighted by molar-refractivity contribution is 7.11. The van der Waals surface area contributed by atoms with E-state index in [0.717, 1.165) is 17.9 Å². The second-order valence-electron chi connectivity index (χ2n) is 4.28. The largest absolute Gasteiger partial charge is 0.461 e. The summed E-state index contributed by atoms with van der Waals surface area (Å²) in [6.45, 7) is 1.98. The van der Waals surface area contributed by atoms with Crippen molar-refractivity contribution in [1.29, 1.82) is 0 Å². The quantitative estimate of drug-likeness (QED) is 0.716. The number of hydrogen-bond donors (Lipinski definition) is 0. The summed E-state index contributed by atoms with van der Waals surface area (Å²) in [6.07, 6.45) is 11.6. The van der Waals surface area contributed by atoms with E-state index >= 15 is 0 Å². The lowest BCUT2D eigenvalue weighted by molar-refractivity contribution is 0.548. The van der Waals surface area contributed by atoms with Gasteiger partial charge in [0.05, 0.1) is 0 Å². The van der Waals surface area contributed by atoms with Crippen LogP contribution in [0.5, 0.6) is 0 Å². The Kier molecular flexibility index (Phi) is 3.03. The minimum atomic E-state index is 0.955. The zero-order chi connectivity index (χ0) is 12.4. The summed E-state index contributed by atoms with van der Waals surface area (Å²) in [5, 5.41) is 2.13. The molecule has 0 saturated heterocycles. The van der Waals surface area contributed by atoms with Gasteiger partial charge in [0.2, 0.25) is 0 Å². The van der Waals surface area contributed by atoms with Crippen LogP contribution in [0.1, 0.15) is 17.1 Å². The van der Waals surface area contributed by atoms with E-state index in [1.54, 1.807) is 11.3 Å². The van der Waals surface area contributed by atoms with Crippen molar-refractivity contribution >= 4 is 16.9 Å². The molecule has 0 N–H and O–H groups in total. The molecule has 18 heavy (non-hydrogen) atoms. The highest BCUT2D eigenvalue weighted by atomic mass is 32.1. The molecule has 2 aromatic rings. The number of thiophene rings is 1. The summed E-state index contributed by atoms with van der Waals surface area (Å²) in [5.74, 6) is 1.92. The second-order valence-corrected chi connectivity index (χ2v) is 5.20. The molecule has 0 aromatic carbocycles. The fourth-order valence-corrected chi connectivity index (χ4v) is 3.02. The highest BCUT2D eigenvalue weighted by Crippen LogP contribution is 2.36. The molecule has 0 saturated carbocycles. The molecular formula is C16H14OS. The van der Waals surface area contributed by atoms with E-state index in [1.807, 2.05) is 19.1 Å². The van der Waals surface area contributed by atoms with Crippen LogP contribution in [0.25, 0.3) is 16.9 Å². The number of furan rings is 1. The van der Waals surface area contributed by atoms with Gasteiger partial charge in [0.15, 0.2) is 0 Å². The monoisotopic (exact) mass is 254 g/mol. The molecule has 1 nitrogen and oxygen atoms in total. The molecule has 0 fully saturated rings. The molecule has 0 amide bonds. The maximum absolute atomic E-state index is 5.73. The minimum Gasteiger partial charge on any atom is -0.461 e. The summed E-state index contributed by atoms with van der Waals surface area (Å²) in [5.41, 5.74) is 2.54. The molecule has 2 aromatic heterocycles. The van der Waals surface area contributed by atoms with Crippen molar-refractivity contribution in [3.8, 4) is 11.3 Å². The van der Waals surface area contributed by atoms with E-state index < -0.39 is 0 Å². The first kappa shape index (κ1) is 11.3. The lowest BCUT2D eigenvalue weighted by Crippen LogP contribution is -1.81. The summed E-state index contributed by atoms with van der Waals surface area (Å²) in [6, 6.07) is 6.19. The normalized spacial score (nSPS) is 14.6. The van der Waals surface area contributed by atoms with Gasteiger partial charge in [-0.1, -0.05) is 30.4 Å². The fraction of sp³-hybridized carbons (Fsp3) is 0.125. The third-order valence-electron chi connectivity index (χ3n) is 2.96. The Balaban J connectivity index is 2.04. The molecule has 0 spiro atoms. The lowest BCUT2D eigenvalue weighted by atomic mass is 10.1. The molecule has 2 heteroatoms. The molecule has 0 aliphatic heterocycles. The number of aryl methyl sites for hydroxylation is 1. The van der Waals surface area contributed by atoms with Gasteiger partial charge >= 0.3 is 0 Å². The maximum Gasteiger partial charge on any atom is 0.135 e. The molecule has 2 heterocycles. The van der Waals surface area contributed by atoms with E-state index in [-0.39, 0.29) is 0 Å². The standard InChI is InChI=1S/C16H14OS/c1-12-8-9-15(17-12)14-10-11-18-16(14)13-6-4-2-3-5-7-13/h2-6,8-11H,7H2,1H3. The number of rotatable bonds is 2. The fourth-order valence-electron chi connectivity index (χ4n) is 2.08. The van der Waals surface area contributed by atoms with Crippen LogP contribution in [0.15, 0.2) is 58.4 Å².